The lowest BCUT2D eigenvalue weighted by molar-refractivity contribution is 0.0685. The number of anilines is 2. The fourth-order valence-electron chi connectivity index (χ4n) is 4.59. The van der Waals surface area contributed by atoms with Crippen LogP contribution < -0.4 is 21.1 Å². The number of fused-ring (bicyclic) bond motifs is 1. The van der Waals surface area contributed by atoms with Gasteiger partial charge in [-0.25, -0.2) is 9.38 Å². The van der Waals surface area contributed by atoms with E-state index in [1.807, 2.05) is 0 Å². The highest BCUT2D eigenvalue weighted by atomic mass is 35.5. The second-order valence-electron chi connectivity index (χ2n) is 8.87. The standard InChI is InChI=1S/C27H26FN5O3.ClH/c1-36-20-11-9-19(10-12-20)30-25(34)17-5-7-18(8-6-17)26(35)33-15-13-27(14-16-33)31-22-4-2-3-21(28)23(22)24(29)32-27;/h2-12,31H,13-16H2,1H3,(H2,29,32)(H,30,34);1H. The van der Waals surface area contributed by atoms with Gasteiger partial charge in [-0.2, -0.15) is 0 Å². The van der Waals surface area contributed by atoms with E-state index in [4.69, 9.17) is 10.5 Å². The van der Waals surface area contributed by atoms with Crippen LogP contribution >= 0.6 is 12.4 Å². The number of aliphatic imine (C=N–C) groups is 1. The lowest BCUT2D eigenvalue weighted by Gasteiger charge is -2.42. The highest BCUT2D eigenvalue weighted by Gasteiger charge is 2.39. The van der Waals surface area contributed by atoms with Gasteiger partial charge in [0, 0.05) is 48.4 Å². The molecule has 1 saturated heterocycles. The number of halogens is 2. The minimum atomic E-state index is -0.662. The number of methoxy groups -OCH3 is 1. The first-order chi connectivity index (χ1) is 17.4. The van der Waals surface area contributed by atoms with E-state index in [0.29, 0.717) is 54.2 Å². The van der Waals surface area contributed by atoms with Crippen molar-refractivity contribution in [3.8, 4) is 5.75 Å². The Hall–Kier alpha value is -4.11. The largest absolute Gasteiger partial charge is 0.497 e. The van der Waals surface area contributed by atoms with E-state index in [1.54, 1.807) is 72.7 Å². The molecule has 3 aromatic rings. The fraction of sp³-hybridized carbons (Fsp3) is 0.222. The average Bonchev–Trinajstić information content (AvgIpc) is 2.89. The first-order valence-corrected chi connectivity index (χ1v) is 11.6. The molecule has 0 radical (unpaired) electrons. The summed E-state index contributed by atoms with van der Waals surface area (Å²) in [5, 5.41) is 6.16. The van der Waals surface area contributed by atoms with Crippen molar-refractivity contribution < 1.29 is 18.7 Å². The van der Waals surface area contributed by atoms with Gasteiger partial charge in [-0.15, -0.1) is 12.4 Å². The number of benzene rings is 3. The molecule has 1 fully saturated rings. The first kappa shape index (κ1) is 26.0. The van der Waals surface area contributed by atoms with Crippen molar-refractivity contribution in [1.29, 1.82) is 0 Å². The Labute approximate surface area is 220 Å². The number of amidine groups is 1. The van der Waals surface area contributed by atoms with Crippen LogP contribution in [-0.2, 0) is 0 Å². The van der Waals surface area contributed by atoms with Crippen LogP contribution in [0.5, 0.6) is 5.75 Å². The predicted molar refractivity (Wildman–Crippen MR) is 143 cm³/mol. The number of nitrogens with one attached hydrogen (secondary N) is 2. The van der Waals surface area contributed by atoms with Crippen molar-refractivity contribution in [1.82, 2.24) is 4.90 Å². The number of piperidine rings is 1. The molecule has 2 aliphatic rings. The van der Waals surface area contributed by atoms with Crippen molar-refractivity contribution in [3.05, 3.63) is 89.2 Å². The number of hydrogen-bond donors (Lipinski definition) is 3. The van der Waals surface area contributed by atoms with Crippen molar-refractivity contribution in [2.24, 2.45) is 10.7 Å². The summed E-state index contributed by atoms with van der Waals surface area (Å²) in [4.78, 5) is 32.0. The number of hydrogen-bond acceptors (Lipinski definition) is 6. The number of ether oxygens (including phenoxy) is 1. The molecule has 4 N–H and O–H groups in total. The van der Waals surface area contributed by atoms with Crippen molar-refractivity contribution in [2.75, 3.05) is 30.8 Å². The van der Waals surface area contributed by atoms with Gasteiger partial charge in [-0.05, 0) is 60.7 Å². The van der Waals surface area contributed by atoms with Crippen LogP contribution in [-0.4, -0.2) is 48.4 Å². The van der Waals surface area contributed by atoms with E-state index in [-0.39, 0.29) is 35.6 Å². The number of carbonyl (C=O) groups is 2. The van der Waals surface area contributed by atoms with Gasteiger partial charge in [0.05, 0.1) is 12.7 Å². The summed E-state index contributed by atoms with van der Waals surface area (Å²) in [6, 6.07) is 18.4. The van der Waals surface area contributed by atoms with Crippen LogP contribution in [0, 0.1) is 5.82 Å². The minimum Gasteiger partial charge on any atom is -0.497 e. The van der Waals surface area contributed by atoms with Crippen LogP contribution in [0.1, 0.15) is 39.1 Å². The lowest BCUT2D eigenvalue weighted by Crippen LogP contribution is -2.52. The van der Waals surface area contributed by atoms with Gasteiger partial charge < -0.3 is 26.0 Å². The molecule has 8 nitrogen and oxygen atoms in total. The topological polar surface area (TPSA) is 109 Å². The van der Waals surface area contributed by atoms with E-state index in [9.17, 15) is 14.0 Å². The zero-order chi connectivity index (χ0) is 25.3. The SMILES string of the molecule is COc1ccc(NC(=O)c2ccc(C(=O)N3CCC4(CC3)N=C(N)c3c(F)cccc3N4)cc2)cc1.Cl. The van der Waals surface area contributed by atoms with Gasteiger partial charge in [0.15, 0.2) is 0 Å². The van der Waals surface area contributed by atoms with Crippen molar-refractivity contribution in [2.45, 2.75) is 18.5 Å². The van der Waals surface area contributed by atoms with Gasteiger partial charge in [0.1, 0.15) is 23.1 Å². The van der Waals surface area contributed by atoms with E-state index in [2.05, 4.69) is 15.6 Å². The van der Waals surface area contributed by atoms with E-state index in [0.717, 1.165) is 0 Å². The molecule has 2 heterocycles. The monoisotopic (exact) mass is 523 g/mol. The number of carbonyl (C=O) groups excluding carboxylic acids is 2. The van der Waals surface area contributed by atoms with Crippen molar-refractivity contribution >= 4 is 41.4 Å². The first-order valence-electron chi connectivity index (χ1n) is 11.6. The molecule has 37 heavy (non-hydrogen) atoms. The predicted octanol–water partition coefficient (Wildman–Crippen LogP) is 4.27. The minimum absolute atomic E-state index is 0. The summed E-state index contributed by atoms with van der Waals surface area (Å²) in [7, 11) is 1.58. The van der Waals surface area contributed by atoms with Crippen LogP contribution in [0.25, 0.3) is 0 Å². The smallest absolute Gasteiger partial charge is 0.255 e. The maximum Gasteiger partial charge on any atom is 0.255 e. The molecule has 0 aromatic heterocycles. The summed E-state index contributed by atoms with van der Waals surface area (Å²) in [6.07, 6.45) is 1.08. The third kappa shape index (κ3) is 5.22. The highest BCUT2D eigenvalue weighted by Crippen LogP contribution is 2.35. The molecule has 1 spiro atoms. The second kappa shape index (κ2) is 10.5. The molecule has 2 aliphatic heterocycles. The number of nitrogens with two attached hydrogens (primary N) is 1. The van der Waals surface area contributed by atoms with Crippen LogP contribution in [0.2, 0.25) is 0 Å². The zero-order valence-corrected chi connectivity index (χ0v) is 21.0. The Bertz CT molecular complexity index is 1340. The molecule has 0 unspecified atom stereocenters. The number of amides is 2. The Kier molecular flexibility index (Phi) is 7.35. The van der Waals surface area contributed by atoms with E-state index < -0.39 is 11.5 Å². The summed E-state index contributed by atoms with van der Waals surface area (Å²) >= 11 is 0. The second-order valence-corrected chi connectivity index (χ2v) is 8.87. The third-order valence-corrected chi connectivity index (χ3v) is 6.59. The van der Waals surface area contributed by atoms with Crippen LogP contribution in [0.4, 0.5) is 15.8 Å². The molecule has 5 rings (SSSR count). The zero-order valence-electron chi connectivity index (χ0n) is 20.2. The lowest BCUT2D eigenvalue weighted by atomic mass is 9.93. The van der Waals surface area contributed by atoms with Gasteiger partial charge in [0.25, 0.3) is 11.8 Å². The molecule has 2 amide bonds. The molecular formula is C27H27ClFN5O3. The van der Waals surface area contributed by atoms with Gasteiger partial charge in [-0.1, -0.05) is 6.07 Å². The number of nitrogens with zero attached hydrogens (tertiary/aromatic N) is 2. The summed E-state index contributed by atoms with van der Waals surface area (Å²) in [6.45, 7) is 0.930. The van der Waals surface area contributed by atoms with Gasteiger partial charge >= 0.3 is 0 Å². The van der Waals surface area contributed by atoms with E-state index in [1.165, 1.54) is 6.07 Å². The molecule has 192 valence electrons. The van der Waals surface area contributed by atoms with Crippen LogP contribution in [0.3, 0.4) is 0 Å². The molecule has 0 atom stereocenters. The summed E-state index contributed by atoms with van der Waals surface area (Å²) in [5.41, 5.74) is 7.93. The number of likely N-dealkylation sites (tertiary alicyclic amines) is 1. The molecular weight excluding hydrogens is 497 g/mol. The van der Waals surface area contributed by atoms with Gasteiger partial charge in [0.2, 0.25) is 0 Å². The maximum atomic E-state index is 14.2. The average molecular weight is 524 g/mol. The van der Waals surface area contributed by atoms with E-state index >= 15 is 0 Å². The number of rotatable bonds is 4. The third-order valence-electron chi connectivity index (χ3n) is 6.59. The summed E-state index contributed by atoms with van der Waals surface area (Å²) < 4.78 is 19.3. The Morgan fingerprint density at radius 2 is 1.68 bits per heavy atom. The maximum absolute atomic E-state index is 14.2. The normalized spacial score (nSPS) is 15.5. The Morgan fingerprint density at radius 1 is 1.03 bits per heavy atom. The highest BCUT2D eigenvalue weighted by molar-refractivity contribution is 6.05. The fourth-order valence-corrected chi connectivity index (χ4v) is 4.59. The van der Waals surface area contributed by atoms with Crippen molar-refractivity contribution in [3.63, 3.8) is 0 Å². The Morgan fingerprint density at radius 3 is 2.32 bits per heavy atom. The molecule has 10 heteroatoms. The summed E-state index contributed by atoms with van der Waals surface area (Å²) in [5.74, 6) is 0.0727. The molecule has 0 aliphatic carbocycles. The Balaban J connectivity index is 0.00000320. The van der Waals surface area contributed by atoms with Crippen LogP contribution in [0.15, 0.2) is 71.7 Å². The molecule has 0 bridgehead atoms. The quantitative estimate of drug-likeness (QED) is 0.473. The molecule has 0 saturated carbocycles. The van der Waals surface area contributed by atoms with Gasteiger partial charge in [-0.3, -0.25) is 9.59 Å². The molecule has 3 aromatic carbocycles.